The van der Waals surface area contributed by atoms with Crippen LogP contribution in [0.2, 0.25) is 5.02 Å². The summed E-state index contributed by atoms with van der Waals surface area (Å²) in [6, 6.07) is 14.4. The Labute approximate surface area is 147 Å². The van der Waals surface area contributed by atoms with E-state index in [0.717, 1.165) is 0 Å². The minimum Gasteiger partial charge on any atom is -0.491 e. The van der Waals surface area contributed by atoms with Crippen molar-refractivity contribution in [1.82, 2.24) is 0 Å². The van der Waals surface area contributed by atoms with Crippen LogP contribution in [0.3, 0.4) is 0 Å². The van der Waals surface area contributed by atoms with Crippen LogP contribution in [0.15, 0.2) is 48.5 Å². The van der Waals surface area contributed by atoms with Crippen molar-refractivity contribution < 1.29 is 19.4 Å². The number of carbonyl (C=O) groups is 1. The Bertz CT molecular complexity index is 652. The van der Waals surface area contributed by atoms with Crippen molar-refractivity contribution in [2.45, 2.75) is 32.8 Å². The predicted molar refractivity (Wildman–Crippen MR) is 94.1 cm³/mol. The quantitative estimate of drug-likeness (QED) is 0.693. The van der Waals surface area contributed by atoms with Crippen molar-refractivity contribution in [2.24, 2.45) is 5.92 Å². The van der Waals surface area contributed by atoms with Gasteiger partial charge in [0.25, 0.3) is 0 Å². The molecule has 0 fully saturated rings. The molecule has 0 aromatic heterocycles. The van der Waals surface area contributed by atoms with Crippen LogP contribution in [0, 0.1) is 5.92 Å². The lowest BCUT2D eigenvalue weighted by Gasteiger charge is -2.18. The highest BCUT2D eigenvalue weighted by Crippen LogP contribution is 2.26. The van der Waals surface area contributed by atoms with Crippen LogP contribution in [0.4, 0.5) is 0 Å². The predicted octanol–water partition coefficient (Wildman–Crippen LogP) is 5.40. The van der Waals surface area contributed by atoms with Gasteiger partial charge in [-0.15, -0.1) is 0 Å². The van der Waals surface area contributed by atoms with Gasteiger partial charge in [-0.3, -0.25) is 4.79 Å². The minimum atomic E-state index is -0.778. The number of hydrogen-bond acceptors (Lipinski definition) is 3. The van der Waals surface area contributed by atoms with Gasteiger partial charge in [0.05, 0.1) is 12.0 Å². The molecule has 0 saturated carbocycles. The van der Waals surface area contributed by atoms with E-state index in [1.807, 2.05) is 38.1 Å². The Balaban J connectivity index is 1.91. The molecular formula is C19H21ClO4. The molecule has 2 rings (SSSR count). The first-order valence-electron chi connectivity index (χ1n) is 7.91. The van der Waals surface area contributed by atoms with Crippen LogP contribution in [-0.2, 0) is 4.79 Å². The van der Waals surface area contributed by atoms with Gasteiger partial charge in [0.1, 0.15) is 17.2 Å². The second-order valence-corrected chi connectivity index (χ2v) is 6.07. The number of halogens is 1. The van der Waals surface area contributed by atoms with E-state index in [1.54, 1.807) is 24.3 Å². The van der Waals surface area contributed by atoms with E-state index in [9.17, 15) is 4.79 Å². The fourth-order valence-corrected chi connectivity index (χ4v) is 2.47. The third kappa shape index (κ3) is 5.46. The van der Waals surface area contributed by atoms with Gasteiger partial charge in [-0.2, -0.15) is 0 Å². The first kappa shape index (κ1) is 18.1. The van der Waals surface area contributed by atoms with E-state index < -0.39 is 5.97 Å². The summed E-state index contributed by atoms with van der Waals surface area (Å²) in [6.45, 7) is 3.75. The minimum absolute atomic E-state index is 0.172. The van der Waals surface area contributed by atoms with E-state index in [4.69, 9.17) is 26.2 Å². The van der Waals surface area contributed by atoms with Crippen molar-refractivity contribution >= 4 is 17.6 Å². The summed E-state index contributed by atoms with van der Waals surface area (Å²) in [7, 11) is 0. The van der Waals surface area contributed by atoms with Gasteiger partial charge < -0.3 is 14.6 Å². The molecule has 0 bridgehead atoms. The summed E-state index contributed by atoms with van der Waals surface area (Å²) in [5, 5.41) is 9.76. The average molecular weight is 349 g/mol. The fourth-order valence-electron chi connectivity index (χ4n) is 2.35. The van der Waals surface area contributed by atoms with Crippen molar-refractivity contribution in [3.63, 3.8) is 0 Å². The number of ether oxygens (including phenoxy) is 2. The topological polar surface area (TPSA) is 55.8 Å². The molecule has 128 valence electrons. The zero-order valence-electron chi connectivity index (χ0n) is 13.7. The van der Waals surface area contributed by atoms with Gasteiger partial charge in [0.15, 0.2) is 0 Å². The van der Waals surface area contributed by atoms with Crippen molar-refractivity contribution in [3.8, 4) is 17.2 Å². The molecular weight excluding hydrogens is 328 g/mol. The summed E-state index contributed by atoms with van der Waals surface area (Å²) >= 11 is 5.84. The Morgan fingerprint density at radius 3 is 2.04 bits per heavy atom. The van der Waals surface area contributed by atoms with Gasteiger partial charge in [-0.25, -0.2) is 0 Å². The number of hydrogen-bond donors (Lipinski definition) is 1. The SMILES string of the molecule is CCC(CC(C)Oc1ccc(Oc2ccc(Cl)cc2)cc1)C(=O)O. The lowest BCUT2D eigenvalue weighted by atomic mass is 10.00. The molecule has 1 N–H and O–H groups in total. The van der Waals surface area contributed by atoms with E-state index in [-0.39, 0.29) is 12.0 Å². The fraction of sp³-hybridized carbons (Fsp3) is 0.316. The average Bonchev–Trinajstić information content (AvgIpc) is 2.56. The molecule has 4 nitrogen and oxygen atoms in total. The first-order valence-corrected chi connectivity index (χ1v) is 8.28. The number of carboxylic acids is 1. The zero-order chi connectivity index (χ0) is 17.5. The van der Waals surface area contributed by atoms with E-state index >= 15 is 0 Å². The Morgan fingerprint density at radius 1 is 1.04 bits per heavy atom. The molecule has 24 heavy (non-hydrogen) atoms. The molecule has 2 unspecified atom stereocenters. The van der Waals surface area contributed by atoms with E-state index in [2.05, 4.69) is 0 Å². The van der Waals surface area contributed by atoms with Gasteiger partial charge >= 0.3 is 5.97 Å². The zero-order valence-corrected chi connectivity index (χ0v) is 14.5. The summed E-state index contributed by atoms with van der Waals surface area (Å²) in [6.07, 6.45) is 0.903. The molecule has 0 aliphatic rings. The molecule has 2 aromatic rings. The molecule has 0 heterocycles. The van der Waals surface area contributed by atoms with Crippen molar-refractivity contribution in [2.75, 3.05) is 0 Å². The monoisotopic (exact) mass is 348 g/mol. The molecule has 5 heteroatoms. The largest absolute Gasteiger partial charge is 0.491 e. The lowest BCUT2D eigenvalue weighted by molar-refractivity contribution is -0.142. The maximum atomic E-state index is 11.1. The number of carboxylic acid groups (broad SMARTS) is 1. The molecule has 0 aliphatic carbocycles. The van der Waals surface area contributed by atoms with Gasteiger partial charge in [0, 0.05) is 5.02 Å². The smallest absolute Gasteiger partial charge is 0.306 e. The highest BCUT2D eigenvalue weighted by atomic mass is 35.5. The maximum Gasteiger partial charge on any atom is 0.306 e. The molecule has 0 saturated heterocycles. The molecule has 2 aromatic carbocycles. The molecule has 0 radical (unpaired) electrons. The van der Waals surface area contributed by atoms with Crippen molar-refractivity contribution in [3.05, 3.63) is 53.6 Å². The normalized spacial score (nSPS) is 13.1. The number of aliphatic carboxylic acids is 1. The van der Waals surface area contributed by atoms with Gasteiger partial charge in [0.2, 0.25) is 0 Å². The Hall–Kier alpha value is -2.20. The lowest BCUT2D eigenvalue weighted by Crippen LogP contribution is -2.22. The van der Waals surface area contributed by atoms with Crippen LogP contribution in [0.1, 0.15) is 26.7 Å². The molecule has 0 spiro atoms. The summed E-state index contributed by atoms with van der Waals surface area (Å²) in [5.41, 5.74) is 0. The van der Waals surface area contributed by atoms with Crippen LogP contribution in [-0.4, -0.2) is 17.2 Å². The Morgan fingerprint density at radius 2 is 1.54 bits per heavy atom. The van der Waals surface area contributed by atoms with E-state index in [0.29, 0.717) is 35.1 Å². The van der Waals surface area contributed by atoms with Gasteiger partial charge in [-0.05, 0) is 68.3 Å². The third-order valence-corrected chi connectivity index (χ3v) is 3.92. The van der Waals surface area contributed by atoms with Crippen molar-refractivity contribution in [1.29, 1.82) is 0 Å². The standard InChI is InChI=1S/C19H21ClO4/c1-3-14(19(21)22)12-13(2)23-16-8-10-18(11-9-16)24-17-6-4-15(20)5-7-17/h4-11,13-14H,3,12H2,1-2H3,(H,21,22). The number of benzene rings is 2. The van der Waals surface area contributed by atoms with E-state index in [1.165, 1.54) is 0 Å². The summed E-state index contributed by atoms with van der Waals surface area (Å²) in [5.74, 6) is 0.918. The third-order valence-electron chi connectivity index (χ3n) is 3.67. The number of rotatable bonds is 8. The second kappa shape index (κ2) is 8.60. The van der Waals surface area contributed by atoms with Crippen LogP contribution >= 0.6 is 11.6 Å². The second-order valence-electron chi connectivity index (χ2n) is 5.63. The van der Waals surface area contributed by atoms with Crippen LogP contribution in [0.5, 0.6) is 17.2 Å². The summed E-state index contributed by atoms with van der Waals surface area (Å²) < 4.78 is 11.5. The molecule has 0 amide bonds. The highest BCUT2D eigenvalue weighted by molar-refractivity contribution is 6.30. The van der Waals surface area contributed by atoms with Gasteiger partial charge in [-0.1, -0.05) is 18.5 Å². The summed E-state index contributed by atoms with van der Waals surface area (Å²) in [4.78, 5) is 11.1. The molecule has 2 atom stereocenters. The Kier molecular flexibility index (Phi) is 6.50. The molecule has 0 aliphatic heterocycles. The highest BCUT2D eigenvalue weighted by Gasteiger charge is 2.19. The first-order chi connectivity index (χ1) is 11.5. The van der Waals surface area contributed by atoms with Crippen LogP contribution in [0.25, 0.3) is 0 Å². The maximum absolute atomic E-state index is 11.1. The van der Waals surface area contributed by atoms with Crippen LogP contribution < -0.4 is 9.47 Å².